The third-order valence-corrected chi connectivity index (χ3v) is 3.15. The lowest BCUT2D eigenvalue weighted by Crippen LogP contribution is -2.07. The third-order valence-electron chi connectivity index (χ3n) is 3.15. The smallest absolute Gasteiger partial charge is 0.337 e. The van der Waals surface area contributed by atoms with E-state index in [0.717, 1.165) is 18.8 Å². The molecule has 0 fully saturated rings. The second-order valence-corrected chi connectivity index (χ2v) is 4.83. The number of rotatable bonds is 9. The minimum absolute atomic E-state index is 0.269. The van der Waals surface area contributed by atoms with Crippen LogP contribution in [0.1, 0.15) is 61.5 Å². The molecule has 0 saturated carbocycles. The number of aryl methyl sites for hydroxylation is 1. The van der Waals surface area contributed by atoms with Crippen molar-refractivity contribution in [2.24, 2.45) is 0 Å². The highest BCUT2D eigenvalue weighted by Crippen LogP contribution is 2.11. The molecule has 2 N–H and O–H groups in total. The third kappa shape index (κ3) is 5.73. The van der Waals surface area contributed by atoms with Crippen molar-refractivity contribution in [2.45, 2.75) is 52.4 Å². The Kier molecular flexibility index (Phi) is 6.93. The summed E-state index contributed by atoms with van der Waals surface area (Å²) in [5, 5.41) is 12.2. The number of carbonyl (C=O) groups is 1. The van der Waals surface area contributed by atoms with Crippen LogP contribution in [0.4, 0.5) is 5.82 Å². The molecular weight excluding hydrogens is 240 g/mol. The molecule has 19 heavy (non-hydrogen) atoms. The minimum atomic E-state index is -0.924. The molecule has 1 aromatic heterocycles. The number of aromatic nitrogens is 1. The summed E-state index contributed by atoms with van der Waals surface area (Å²) in [6.07, 6.45) is 7.58. The Morgan fingerprint density at radius 3 is 2.53 bits per heavy atom. The number of pyridine rings is 1. The molecule has 0 aromatic carbocycles. The summed E-state index contributed by atoms with van der Waals surface area (Å²) in [6.45, 7) is 4.83. The average molecular weight is 264 g/mol. The summed E-state index contributed by atoms with van der Waals surface area (Å²) in [7, 11) is 0. The highest BCUT2D eigenvalue weighted by Gasteiger charge is 2.07. The van der Waals surface area contributed by atoms with Crippen LogP contribution >= 0.6 is 0 Å². The van der Waals surface area contributed by atoms with Crippen molar-refractivity contribution in [3.8, 4) is 0 Å². The summed E-state index contributed by atoms with van der Waals surface area (Å²) in [5.74, 6) is -0.163. The number of nitrogens with one attached hydrogen (secondary N) is 1. The quantitative estimate of drug-likeness (QED) is 0.665. The molecule has 0 saturated heterocycles. The maximum absolute atomic E-state index is 10.9. The summed E-state index contributed by atoms with van der Waals surface area (Å²) < 4.78 is 0. The van der Waals surface area contributed by atoms with Crippen molar-refractivity contribution >= 4 is 11.8 Å². The van der Waals surface area contributed by atoms with Crippen LogP contribution in [0.5, 0.6) is 0 Å². The Labute approximate surface area is 115 Å². The zero-order valence-electron chi connectivity index (χ0n) is 11.9. The number of hydrogen-bond acceptors (Lipinski definition) is 3. The van der Waals surface area contributed by atoms with E-state index in [9.17, 15) is 4.79 Å². The standard InChI is InChI=1S/C15H24N2O2/c1-3-4-5-6-7-8-11-16-14-10-9-13(15(18)19)12(2)17-14/h9-10H,3-8,11H2,1-2H3,(H,16,17)(H,18,19). The van der Waals surface area contributed by atoms with Gasteiger partial charge in [0.2, 0.25) is 0 Å². The molecule has 0 bridgehead atoms. The summed E-state index contributed by atoms with van der Waals surface area (Å²) >= 11 is 0. The van der Waals surface area contributed by atoms with Gasteiger partial charge in [-0.3, -0.25) is 0 Å². The van der Waals surface area contributed by atoms with E-state index in [1.165, 1.54) is 32.1 Å². The number of anilines is 1. The Morgan fingerprint density at radius 1 is 1.21 bits per heavy atom. The van der Waals surface area contributed by atoms with E-state index in [2.05, 4.69) is 17.2 Å². The number of aromatic carboxylic acids is 1. The summed E-state index contributed by atoms with van der Waals surface area (Å²) in [5.41, 5.74) is 0.825. The van der Waals surface area contributed by atoms with Crippen molar-refractivity contribution in [3.63, 3.8) is 0 Å². The average Bonchev–Trinajstić information content (AvgIpc) is 2.37. The van der Waals surface area contributed by atoms with E-state index in [4.69, 9.17) is 5.11 Å². The molecule has 0 amide bonds. The van der Waals surface area contributed by atoms with Crippen LogP contribution < -0.4 is 5.32 Å². The predicted octanol–water partition coefficient (Wildman–Crippen LogP) is 3.86. The molecule has 1 aromatic rings. The van der Waals surface area contributed by atoms with Crippen LogP contribution in [0.3, 0.4) is 0 Å². The van der Waals surface area contributed by atoms with E-state index in [-0.39, 0.29) is 5.56 Å². The van der Waals surface area contributed by atoms with Crippen LogP contribution in [0.2, 0.25) is 0 Å². The Bertz CT molecular complexity index is 405. The first-order valence-corrected chi connectivity index (χ1v) is 7.10. The summed E-state index contributed by atoms with van der Waals surface area (Å²) in [6, 6.07) is 3.34. The molecule has 0 aliphatic rings. The van der Waals surface area contributed by atoms with Gasteiger partial charge in [0.15, 0.2) is 0 Å². The molecule has 1 rings (SSSR count). The fourth-order valence-corrected chi connectivity index (χ4v) is 2.01. The number of hydrogen-bond donors (Lipinski definition) is 2. The number of nitrogens with zero attached hydrogens (tertiary/aromatic N) is 1. The van der Waals surface area contributed by atoms with Gasteiger partial charge in [-0.2, -0.15) is 0 Å². The van der Waals surface area contributed by atoms with E-state index < -0.39 is 5.97 Å². The first-order valence-electron chi connectivity index (χ1n) is 7.10. The van der Waals surface area contributed by atoms with Gasteiger partial charge in [0.1, 0.15) is 5.82 Å². The van der Waals surface area contributed by atoms with Gasteiger partial charge in [-0.25, -0.2) is 9.78 Å². The lowest BCUT2D eigenvalue weighted by atomic mass is 10.1. The van der Waals surface area contributed by atoms with Crippen LogP contribution in [0.15, 0.2) is 12.1 Å². The molecule has 0 radical (unpaired) electrons. The van der Waals surface area contributed by atoms with E-state index >= 15 is 0 Å². The first-order chi connectivity index (χ1) is 9.15. The fraction of sp³-hybridized carbons (Fsp3) is 0.600. The number of carboxylic acids is 1. The van der Waals surface area contributed by atoms with Crippen molar-refractivity contribution in [1.29, 1.82) is 0 Å². The highest BCUT2D eigenvalue weighted by atomic mass is 16.4. The number of carboxylic acid groups (broad SMARTS) is 1. The van der Waals surface area contributed by atoms with Crippen molar-refractivity contribution in [2.75, 3.05) is 11.9 Å². The molecule has 0 atom stereocenters. The molecule has 4 heteroatoms. The Morgan fingerprint density at radius 2 is 1.89 bits per heavy atom. The molecule has 0 aliphatic heterocycles. The van der Waals surface area contributed by atoms with Crippen LogP contribution in [0, 0.1) is 6.92 Å². The van der Waals surface area contributed by atoms with Gasteiger partial charge in [0, 0.05) is 6.54 Å². The normalized spacial score (nSPS) is 10.4. The first kappa shape index (κ1) is 15.5. The maximum atomic E-state index is 10.9. The second-order valence-electron chi connectivity index (χ2n) is 4.83. The van der Waals surface area contributed by atoms with Gasteiger partial charge in [-0.15, -0.1) is 0 Å². The number of unbranched alkanes of at least 4 members (excludes halogenated alkanes) is 5. The zero-order chi connectivity index (χ0) is 14.1. The monoisotopic (exact) mass is 264 g/mol. The molecular formula is C15H24N2O2. The maximum Gasteiger partial charge on any atom is 0.337 e. The molecule has 0 aliphatic carbocycles. The van der Waals surface area contributed by atoms with Crippen LogP contribution in [-0.4, -0.2) is 22.6 Å². The Hall–Kier alpha value is -1.58. The largest absolute Gasteiger partial charge is 0.478 e. The van der Waals surface area contributed by atoms with Gasteiger partial charge in [-0.05, 0) is 25.5 Å². The van der Waals surface area contributed by atoms with E-state index in [1.807, 2.05) is 0 Å². The fourth-order valence-electron chi connectivity index (χ4n) is 2.01. The minimum Gasteiger partial charge on any atom is -0.478 e. The molecule has 4 nitrogen and oxygen atoms in total. The topological polar surface area (TPSA) is 62.2 Å². The van der Waals surface area contributed by atoms with Gasteiger partial charge >= 0.3 is 5.97 Å². The Balaban J connectivity index is 2.26. The van der Waals surface area contributed by atoms with E-state index in [1.54, 1.807) is 19.1 Å². The van der Waals surface area contributed by atoms with Gasteiger partial charge in [0.05, 0.1) is 11.3 Å². The van der Waals surface area contributed by atoms with Crippen molar-refractivity contribution < 1.29 is 9.90 Å². The van der Waals surface area contributed by atoms with Gasteiger partial charge in [0.25, 0.3) is 0 Å². The second kappa shape index (κ2) is 8.51. The molecule has 0 unspecified atom stereocenters. The highest BCUT2D eigenvalue weighted by molar-refractivity contribution is 5.89. The predicted molar refractivity (Wildman–Crippen MR) is 77.8 cm³/mol. The van der Waals surface area contributed by atoms with Gasteiger partial charge in [-0.1, -0.05) is 39.0 Å². The van der Waals surface area contributed by atoms with Crippen LogP contribution in [-0.2, 0) is 0 Å². The zero-order valence-corrected chi connectivity index (χ0v) is 11.9. The van der Waals surface area contributed by atoms with Gasteiger partial charge < -0.3 is 10.4 Å². The van der Waals surface area contributed by atoms with Crippen molar-refractivity contribution in [1.82, 2.24) is 4.98 Å². The summed E-state index contributed by atoms with van der Waals surface area (Å²) in [4.78, 5) is 15.1. The molecule has 106 valence electrons. The molecule has 0 spiro atoms. The van der Waals surface area contributed by atoms with Crippen LogP contribution in [0.25, 0.3) is 0 Å². The van der Waals surface area contributed by atoms with E-state index in [0.29, 0.717) is 5.69 Å². The van der Waals surface area contributed by atoms with Crippen molar-refractivity contribution in [3.05, 3.63) is 23.4 Å². The SMILES string of the molecule is CCCCCCCCNc1ccc(C(=O)O)c(C)n1. The molecule has 1 heterocycles. The lowest BCUT2D eigenvalue weighted by Gasteiger charge is -2.07. The lowest BCUT2D eigenvalue weighted by molar-refractivity contribution is 0.0695.